The highest BCUT2D eigenvalue weighted by atomic mass is 32.2. The summed E-state index contributed by atoms with van der Waals surface area (Å²) in [5.41, 5.74) is 2.08. The van der Waals surface area contributed by atoms with Crippen molar-refractivity contribution in [1.82, 2.24) is 0 Å². The fraction of sp³-hybridized carbons (Fsp3) is 0.136. The van der Waals surface area contributed by atoms with Gasteiger partial charge in [0.05, 0.1) is 23.7 Å². The number of amides is 1. The molecule has 0 N–H and O–H groups in total. The number of rotatable bonds is 6. The lowest BCUT2D eigenvalue weighted by Gasteiger charge is -2.25. The van der Waals surface area contributed by atoms with Crippen LogP contribution in [0.15, 0.2) is 89.8 Å². The lowest BCUT2D eigenvalue weighted by Crippen LogP contribution is -2.30. The number of sulfonamides is 1. The number of nitrogens with zero attached hydrogens (tertiary/aromatic N) is 2. The van der Waals surface area contributed by atoms with Gasteiger partial charge in [-0.1, -0.05) is 48.5 Å². The number of benzene rings is 3. The van der Waals surface area contributed by atoms with Crippen molar-refractivity contribution in [3.05, 3.63) is 90.5 Å². The van der Waals surface area contributed by atoms with Crippen LogP contribution >= 0.6 is 0 Å². The third-order valence-corrected chi connectivity index (χ3v) is 6.50. The minimum absolute atomic E-state index is 0.161. The molecule has 3 aromatic rings. The molecule has 0 aliphatic carbocycles. The van der Waals surface area contributed by atoms with E-state index >= 15 is 0 Å². The van der Waals surface area contributed by atoms with Crippen LogP contribution in [-0.4, -0.2) is 27.7 Å². The molecule has 1 aliphatic rings. The van der Waals surface area contributed by atoms with Crippen molar-refractivity contribution in [2.24, 2.45) is 0 Å². The first-order chi connectivity index (χ1) is 14.1. The number of ether oxygens (including phenoxy) is 1. The summed E-state index contributed by atoms with van der Waals surface area (Å²) < 4.78 is 33.2. The van der Waals surface area contributed by atoms with Crippen molar-refractivity contribution in [2.75, 3.05) is 22.4 Å². The molecule has 1 aliphatic heterocycles. The van der Waals surface area contributed by atoms with E-state index in [9.17, 15) is 13.2 Å². The second kappa shape index (κ2) is 7.97. The van der Waals surface area contributed by atoms with Gasteiger partial charge >= 0.3 is 6.09 Å². The largest absolute Gasteiger partial charge is 0.447 e. The summed E-state index contributed by atoms with van der Waals surface area (Å²) in [6.45, 7) is 1.00. The van der Waals surface area contributed by atoms with Crippen molar-refractivity contribution in [1.29, 1.82) is 0 Å². The molecule has 0 radical (unpaired) electrons. The molecule has 0 saturated carbocycles. The number of hydrogen-bond acceptors (Lipinski definition) is 4. The highest BCUT2D eigenvalue weighted by Gasteiger charge is 2.27. The van der Waals surface area contributed by atoms with E-state index in [1.807, 2.05) is 48.5 Å². The Morgan fingerprint density at radius 2 is 1.48 bits per heavy atom. The van der Waals surface area contributed by atoms with Gasteiger partial charge in [-0.2, -0.15) is 0 Å². The van der Waals surface area contributed by atoms with Crippen molar-refractivity contribution in [2.45, 2.75) is 11.4 Å². The molecule has 6 nitrogen and oxygen atoms in total. The van der Waals surface area contributed by atoms with Crippen molar-refractivity contribution >= 4 is 27.5 Å². The van der Waals surface area contributed by atoms with Crippen LogP contribution in [0.4, 0.5) is 16.2 Å². The zero-order chi connectivity index (χ0) is 20.3. The number of carbonyl (C=O) groups excluding carboxylic acids is 1. The van der Waals surface area contributed by atoms with E-state index in [1.165, 1.54) is 21.3 Å². The Kier molecular flexibility index (Phi) is 5.22. The Morgan fingerprint density at radius 1 is 0.862 bits per heavy atom. The molecule has 29 heavy (non-hydrogen) atoms. The van der Waals surface area contributed by atoms with Gasteiger partial charge in [0.15, 0.2) is 0 Å². The molecule has 1 saturated heterocycles. The standard InChI is InChI=1S/C22H20N2O4S/c25-22-23(15-16-28-22)19-11-13-21(14-12-19)29(26,27)24(20-9-5-2-6-10-20)17-18-7-3-1-4-8-18/h1-14H,15-17H2. The van der Waals surface area contributed by atoms with Gasteiger partial charge in [-0.3, -0.25) is 9.21 Å². The molecule has 1 amide bonds. The van der Waals surface area contributed by atoms with Gasteiger partial charge in [-0.15, -0.1) is 0 Å². The summed E-state index contributed by atoms with van der Waals surface area (Å²) in [6.07, 6.45) is -0.421. The van der Waals surface area contributed by atoms with Gasteiger partial charge in [-0.25, -0.2) is 13.2 Å². The van der Waals surface area contributed by atoms with Gasteiger partial charge in [0.2, 0.25) is 0 Å². The molecule has 3 aromatic carbocycles. The smallest absolute Gasteiger partial charge is 0.414 e. The third-order valence-electron chi connectivity index (χ3n) is 4.71. The van der Waals surface area contributed by atoms with Crippen LogP contribution < -0.4 is 9.21 Å². The van der Waals surface area contributed by atoms with Crippen LogP contribution in [0.3, 0.4) is 0 Å². The van der Waals surface area contributed by atoms with E-state index in [-0.39, 0.29) is 11.4 Å². The molecule has 4 rings (SSSR count). The summed E-state index contributed by atoms with van der Waals surface area (Å²) >= 11 is 0. The van der Waals surface area contributed by atoms with Gasteiger partial charge in [0, 0.05) is 5.69 Å². The third kappa shape index (κ3) is 3.95. The summed E-state index contributed by atoms with van der Waals surface area (Å²) in [7, 11) is -3.81. The molecule has 0 unspecified atom stereocenters. The van der Waals surface area contributed by atoms with E-state index in [4.69, 9.17) is 4.74 Å². The summed E-state index contributed by atoms with van der Waals surface area (Å²) in [5, 5.41) is 0. The molecule has 0 atom stereocenters. The molecule has 0 spiro atoms. The summed E-state index contributed by atoms with van der Waals surface area (Å²) in [4.78, 5) is 13.4. The van der Waals surface area contributed by atoms with Crippen molar-refractivity contribution in [3.8, 4) is 0 Å². The quantitative estimate of drug-likeness (QED) is 0.617. The Balaban J connectivity index is 1.68. The molecule has 1 fully saturated rings. The predicted molar refractivity (Wildman–Crippen MR) is 111 cm³/mol. The minimum atomic E-state index is -3.81. The van der Waals surface area contributed by atoms with E-state index in [0.29, 0.717) is 24.5 Å². The van der Waals surface area contributed by atoms with Gasteiger partial charge < -0.3 is 4.74 Å². The van der Waals surface area contributed by atoms with Crippen molar-refractivity contribution in [3.63, 3.8) is 0 Å². The highest BCUT2D eigenvalue weighted by molar-refractivity contribution is 7.92. The summed E-state index contributed by atoms with van der Waals surface area (Å²) in [6, 6.07) is 24.8. The fourth-order valence-corrected chi connectivity index (χ4v) is 4.66. The fourth-order valence-electron chi connectivity index (χ4n) is 3.21. The normalized spacial score (nSPS) is 13.9. The number of para-hydroxylation sites is 1. The Labute approximate surface area is 170 Å². The average molecular weight is 408 g/mol. The van der Waals surface area contributed by atoms with Crippen LogP contribution in [0, 0.1) is 0 Å². The van der Waals surface area contributed by atoms with Crippen LogP contribution in [0.1, 0.15) is 5.56 Å². The number of hydrogen-bond donors (Lipinski definition) is 0. The zero-order valence-corrected chi connectivity index (χ0v) is 16.5. The minimum Gasteiger partial charge on any atom is -0.447 e. The SMILES string of the molecule is O=C1OCCN1c1ccc(S(=O)(=O)N(Cc2ccccc2)c2ccccc2)cc1. The maximum Gasteiger partial charge on any atom is 0.414 e. The molecule has 148 valence electrons. The molecule has 0 aromatic heterocycles. The molecule has 1 heterocycles. The lowest BCUT2D eigenvalue weighted by atomic mass is 10.2. The maximum absolute atomic E-state index is 13.5. The molecular formula is C22H20N2O4S. The first kappa shape index (κ1) is 19.0. The van der Waals surface area contributed by atoms with Gasteiger partial charge in [0.1, 0.15) is 6.61 Å². The van der Waals surface area contributed by atoms with Gasteiger partial charge in [0.25, 0.3) is 10.0 Å². The van der Waals surface area contributed by atoms with Crippen LogP contribution in [-0.2, 0) is 21.3 Å². The molecule has 7 heteroatoms. The topological polar surface area (TPSA) is 66.9 Å². The first-order valence-corrected chi connectivity index (χ1v) is 10.7. The Bertz CT molecular complexity index is 1080. The van der Waals surface area contributed by atoms with Crippen LogP contribution in [0.5, 0.6) is 0 Å². The van der Waals surface area contributed by atoms with Crippen LogP contribution in [0.25, 0.3) is 0 Å². The Morgan fingerprint density at radius 3 is 2.07 bits per heavy atom. The zero-order valence-electron chi connectivity index (χ0n) is 15.6. The predicted octanol–water partition coefficient (Wildman–Crippen LogP) is 4.04. The highest BCUT2D eigenvalue weighted by Crippen LogP contribution is 2.28. The maximum atomic E-state index is 13.5. The first-order valence-electron chi connectivity index (χ1n) is 9.22. The van der Waals surface area contributed by atoms with Crippen LogP contribution in [0.2, 0.25) is 0 Å². The lowest BCUT2D eigenvalue weighted by molar-refractivity contribution is 0.181. The van der Waals surface area contributed by atoms with E-state index < -0.39 is 16.1 Å². The van der Waals surface area contributed by atoms with E-state index in [2.05, 4.69) is 0 Å². The van der Waals surface area contributed by atoms with E-state index in [1.54, 1.807) is 24.3 Å². The number of cyclic esters (lactones) is 1. The molecular weight excluding hydrogens is 388 g/mol. The molecule has 0 bridgehead atoms. The summed E-state index contributed by atoms with van der Waals surface area (Å²) in [5.74, 6) is 0. The monoisotopic (exact) mass is 408 g/mol. The van der Waals surface area contributed by atoms with Crippen molar-refractivity contribution < 1.29 is 17.9 Å². The average Bonchev–Trinajstić information content (AvgIpc) is 3.19. The Hall–Kier alpha value is -3.32. The van der Waals surface area contributed by atoms with E-state index in [0.717, 1.165) is 5.56 Å². The van der Waals surface area contributed by atoms with Gasteiger partial charge in [-0.05, 0) is 42.0 Å². The second-order valence-corrected chi connectivity index (χ2v) is 8.46. The number of anilines is 2. The second-order valence-electron chi connectivity index (χ2n) is 6.59. The number of carbonyl (C=O) groups is 1.